The van der Waals surface area contributed by atoms with Crippen LogP contribution in [0.3, 0.4) is 0 Å². The Hall–Kier alpha value is -4.31. The second-order valence-corrected chi connectivity index (χ2v) is 15.3. The zero-order valence-electron chi connectivity index (χ0n) is 31.3. The van der Waals surface area contributed by atoms with Crippen LogP contribution in [0, 0.1) is 23.3 Å². The zero-order valence-corrected chi connectivity index (χ0v) is 33.7. The maximum atomic E-state index is 11.7. The van der Waals surface area contributed by atoms with E-state index in [9.17, 15) is 9.90 Å². The first kappa shape index (κ1) is 37.4. The van der Waals surface area contributed by atoms with Gasteiger partial charge in [0.15, 0.2) is 5.78 Å². The zero-order chi connectivity index (χ0) is 36.0. The van der Waals surface area contributed by atoms with Crippen molar-refractivity contribution >= 4 is 81.7 Å². The van der Waals surface area contributed by atoms with E-state index in [1.807, 2.05) is 33.9 Å². The molecule has 6 aromatic carbocycles. The molecule has 1 N–H and O–H groups in total. The van der Waals surface area contributed by atoms with Gasteiger partial charge >= 0.3 is 0 Å². The summed E-state index contributed by atoms with van der Waals surface area (Å²) in [6.07, 6.45) is 7.84. The van der Waals surface area contributed by atoms with Crippen molar-refractivity contribution < 1.29 is 34.4 Å². The third-order valence-electron chi connectivity index (χ3n) is 10.7. The Morgan fingerprint density at radius 3 is 2.21 bits per heavy atom. The molecule has 2 heterocycles. The molecule has 1 radical (unpaired) electrons. The Morgan fingerprint density at radius 1 is 0.788 bits per heavy atom. The van der Waals surface area contributed by atoms with Crippen molar-refractivity contribution in [2.45, 2.75) is 80.6 Å². The summed E-state index contributed by atoms with van der Waals surface area (Å²) >= 11 is 0. The molecule has 0 saturated heterocycles. The fourth-order valence-corrected chi connectivity index (χ4v) is 8.01. The predicted octanol–water partition coefficient (Wildman–Crippen LogP) is 13.4. The molecule has 5 heteroatoms. The first-order chi connectivity index (χ1) is 24.6. The summed E-state index contributed by atoms with van der Waals surface area (Å²) in [4.78, 5) is 16.6. The number of furan rings is 1. The van der Waals surface area contributed by atoms with Crippen LogP contribution in [-0.4, -0.2) is 15.9 Å². The number of nitrogens with zero attached hydrogens (tertiary/aromatic N) is 1. The van der Waals surface area contributed by atoms with Gasteiger partial charge in [-0.2, -0.15) is 0 Å². The number of ketones is 1. The third-order valence-corrected chi connectivity index (χ3v) is 10.7. The number of allylic oxidation sites excluding steroid dienone is 2. The molecule has 269 valence electrons. The van der Waals surface area contributed by atoms with Crippen LogP contribution < -0.4 is 0 Å². The number of rotatable bonds is 8. The van der Waals surface area contributed by atoms with Crippen LogP contribution in [0.1, 0.15) is 79.7 Å². The number of carbonyl (C=O) groups excluding carboxylic acids is 1. The molecule has 0 aliphatic carbocycles. The number of aliphatic hydroxyl groups is 1. The van der Waals surface area contributed by atoms with Gasteiger partial charge in [0.2, 0.25) is 0 Å². The largest absolute Gasteiger partial charge is 0.512 e. The first-order valence-electron chi connectivity index (χ1n) is 18.6. The quantitative estimate of drug-likeness (QED) is 0.0543. The van der Waals surface area contributed by atoms with Crippen LogP contribution in [0.15, 0.2) is 95.2 Å². The van der Waals surface area contributed by atoms with Gasteiger partial charge in [-0.1, -0.05) is 113 Å². The van der Waals surface area contributed by atoms with Gasteiger partial charge in [-0.3, -0.25) is 9.78 Å². The van der Waals surface area contributed by atoms with Gasteiger partial charge in [-0.25, -0.2) is 0 Å². The Labute approximate surface area is 320 Å². The van der Waals surface area contributed by atoms with Crippen LogP contribution in [0.4, 0.5) is 0 Å². The number of fused-ring (bicyclic) bond motifs is 9. The monoisotopic (exact) mass is 867 g/mol. The molecule has 0 spiro atoms. The molecule has 0 aliphatic rings. The van der Waals surface area contributed by atoms with E-state index >= 15 is 0 Å². The van der Waals surface area contributed by atoms with E-state index < -0.39 is 0 Å². The van der Waals surface area contributed by atoms with Gasteiger partial charge in [0.05, 0.1) is 5.76 Å². The minimum atomic E-state index is 0. The van der Waals surface area contributed by atoms with E-state index in [0.717, 1.165) is 64.9 Å². The first-order valence-corrected chi connectivity index (χ1v) is 18.6. The van der Waals surface area contributed by atoms with Crippen LogP contribution in [-0.2, 0) is 31.3 Å². The number of carbonyl (C=O) groups is 1. The molecule has 0 saturated carbocycles. The minimum Gasteiger partial charge on any atom is -0.512 e. The SMILES string of the molecule is CC(C)(C)Cc1ccc2c(c1)oc1c3ccnc4c5[c-]c6ccccc6cc5c5cccc(c21)c5c34.CCC(CC)C(=O)/C=C(\O)C(CC)CC.[Ir]. The third kappa shape index (κ3) is 6.70. The van der Waals surface area contributed by atoms with Gasteiger partial charge < -0.3 is 9.52 Å². The van der Waals surface area contributed by atoms with Crippen molar-refractivity contribution in [3.8, 4) is 0 Å². The van der Waals surface area contributed by atoms with Gasteiger partial charge in [-0.05, 0) is 76.8 Å². The van der Waals surface area contributed by atoms with E-state index in [1.165, 1.54) is 54.7 Å². The molecule has 0 unspecified atom stereocenters. The number of hydrogen-bond acceptors (Lipinski definition) is 4. The van der Waals surface area contributed by atoms with Crippen molar-refractivity contribution in [3.63, 3.8) is 0 Å². The van der Waals surface area contributed by atoms with Crippen molar-refractivity contribution in [3.05, 3.63) is 102 Å². The number of benzene rings is 6. The average molecular weight is 867 g/mol. The topological polar surface area (TPSA) is 63.3 Å². The van der Waals surface area contributed by atoms with E-state index in [2.05, 4.69) is 99.6 Å². The molecule has 0 atom stereocenters. The fourth-order valence-electron chi connectivity index (χ4n) is 8.01. The summed E-state index contributed by atoms with van der Waals surface area (Å²) in [5, 5.41) is 22.7. The molecule has 2 aromatic heterocycles. The molecule has 4 nitrogen and oxygen atoms in total. The van der Waals surface area contributed by atoms with E-state index in [0.29, 0.717) is 0 Å². The van der Waals surface area contributed by atoms with Crippen molar-refractivity contribution in [1.29, 1.82) is 0 Å². The average Bonchev–Trinajstić information content (AvgIpc) is 3.50. The number of aliphatic hydroxyl groups excluding tert-OH is 1. The molecule has 0 aliphatic heterocycles. The molecule has 8 rings (SSSR count). The second kappa shape index (κ2) is 15.0. The predicted molar refractivity (Wildman–Crippen MR) is 216 cm³/mol. The van der Waals surface area contributed by atoms with Gasteiger partial charge in [-0.15, -0.1) is 23.6 Å². The standard InChI is InChI=1S/C34H24NO.C13H24O2.Ir/c1-34(2,3)18-19-11-12-23-28(15-19)36-33-25-13-14-35-32-27-17-21-8-5-4-7-20(21)16-26(27)22-9-6-10-24(30(23)33)29(22)31(25)32;1-5-10(6-2)12(14)9-13(15)11(7-3)8-4;/h4-16H,18H2,1-3H3;9-11,14H,5-8H2,1-4H3;/q-1;;/b;12-9-;. The number of hydrogen-bond donors (Lipinski definition) is 1. The van der Waals surface area contributed by atoms with Crippen molar-refractivity contribution in [2.24, 2.45) is 17.3 Å². The van der Waals surface area contributed by atoms with Crippen LogP contribution >= 0.6 is 0 Å². The van der Waals surface area contributed by atoms with Crippen molar-refractivity contribution in [2.75, 3.05) is 0 Å². The molecule has 0 fully saturated rings. The summed E-state index contributed by atoms with van der Waals surface area (Å²) in [6.45, 7) is 14.9. The van der Waals surface area contributed by atoms with E-state index in [-0.39, 0.29) is 48.9 Å². The van der Waals surface area contributed by atoms with Gasteiger partial charge in [0, 0.05) is 65.9 Å². The summed E-state index contributed by atoms with van der Waals surface area (Å²) in [5.74, 6) is 0.547. The van der Waals surface area contributed by atoms with E-state index in [1.54, 1.807) is 0 Å². The second-order valence-electron chi connectivity index (χ2n) is 15.3. The Bertz CT molecular complexity index is 2580. The normalized spacial score (nSPS) is 12.6. The fraction of sp³-hybridized carbons (Fsp3) is 0.319. The number of pyridine rings is 1. The molecular formula is C47H48IrNO3-. The summed E-state index contributed by atoms with van der Waals surface area (Å²) in [5.41, 5.74) is 4.43. The molecule has 0 bridgehead atoms. The molecule has 8 aromatic rings. The van der Waals surface area contributed by atoms with Crippen LogP contribution in [0.5, 0.6) is 0 Å². The maximum absolute atomic E-state index is 11.7. The molecule has 52 heavy (non-hydrogen) atoms. The van der Waals surface area contributed by atoms with Crippen LogP contribution in [0.2, 0.25) is 0 Å². The Kier molecular flexibility index (Phi) is 10.8. The number of aromatic nitrogens is 1. The molecular weight excluding hydrogens is 819 g/mol. The summed E-state index contributed by atoms with van der Waals surface area (Å²) in [6, 6.07) is 30.0. The van der Waals surface area contributed by atoms with Crippen LogP contribution in [0.25, 0.3) is 75.9 Å². The summed E-state index contributed by atoms with van der Waals surface area (Å²) in [7, 11) is 0. The smallest absolute Gasteiger partial charge is 0.162 e. The van der Waals surface area contributed by atoms with Crippen molar-refractivity contribution in [1.82, 2.24) is 4.98 Å². The summed E-state index contributed by atoms with van der Waals surface area (Å²) < 4.78 is 6.67. The van der Waals surface area contributed by atoms with E-state index in [4.69, 9.17) is 9.40 Å². The molecule has 0 amide bonds. The maximum Gasteiger partial charge on any atom is 0.162 e. The van der Waals surface area contributed by atoms with Gasteiger partial charge in [0.25, 0.3) is 0 Å². The Morgan fingerprint density at radius 2 is 1.50 bits per heavy atom. The minimum absolute atomic E-state index is 0. The van der Waals surface area contributed by atoms with Gasteiger partial charge in [0.1, 0.15) is 11.2 Å². The Balaban J connectivity index is 0.000000250.